The average Bonchev–Trinajstić information content (AvgIpc) is 2.28. The maximum absolute atomic E-state index is 13.6. The molecule has 1 atom stereocenters. The van der Waals surface area contributed by atoms with Crippen LogP contribution in [0.25, 0.3) is 0 Å². The van der Waals surface area contributed by atoms with Crippen molar-refractivity contribution >= 4 is 28.6 Å². The van der Waals surface area contributed by atoms with Crippen molar-refractivity contribution in [3.8, 4) is 0 Å². The molecule has 0 fully saturated rings. The van der Waals surface area contributed by atoms with Crippen LogP contribution in [0.2, 0.25) is 0 Å². The summed E-state index contributed by atoms with van der Waals surface area (Å²) in [5.41, 5.74) is 5.62. The second-order valence-electron chi connectivity index (χ2n) is 3.38. The molecule has 2 N–H and O–H groups in total. The zero-order chi connectivity index (χ0) is 13.1. The largest absolute Gasteiger partial charge is 0.462 e. The highest BCUT2D eigenvalue weighted by Gasteiger charge is 2.47. The molecule has 0 spiro atoms. The van der Waals surface area contributed by atoms with E-state index in [0.717, 1.165) is 3.57 Å². The van der Waals surface area contributed by atoms with Crippen molar-refractivity contribution in [1.82, 2.24) is 0 Å². The molecule has 0 saturated carbocycles. The lowest BCUT2D eigenvalue weighted by atomic mass is 10.0. The molecular weight excluding hydrogens is 343 g/mol. The van der Waals surface area contributed by atoms with Crippen LogP contribution in [0.5, 0.6) is 0 Å². The highest BCUT2D eigenvalue weighted by atomic mass is 127. The topological polar surface area (TPSA) is 52.3 Å². The van der Waals surface area contributed by atoms with Gasteiger partial charge in [0.1, 0.15) is 6.04 Å². The van der Waals surface area contributed by atoms with Gasteiger partial charge in [0.05, 0.1) is 6.61 Å². The predicted molar refractivity (Wildman–Crippen MR) is 67.7 cm³/mol. The quantitative estimate of drug-likeness (QED) is 0.667. The number of alkyl halides is 2. The maximum atomic E-state index is 13.6. The Kier molecular flexibility index (Phi) is 4.81. The van der Waals surface area contributed by atoms with Crippen LogP contribution in [-0.4, -0.2) is 18.5 Å². The summed E-state index contributed by atoms with van der Waals surface area (Å²) in [6, 6.07) is 4.63. The Balaban J connectivity index is 2.95. The van der Waals surface area contributed by atoms with E-state index in [2.05, 4.69) is 4.74 Å². The van der Waals surface area contributed by atoms with E-state index < -0.39 is 17.9 Å². The Labute approximate surface area is 111 Å². The first kappa shape index (κ1) is 14.3. The zero-order valence-electron chi connectivity index (χ0n) is 9.12. The number of nitrogens with two attached hydrogens (primary N) is 1. The zero-order valence-corrected chi connectivity index (χ0v) is 11.3. The Morgan fingerprint density at radius 3 is 2.76 bits per heavy atom. The number of benzene rings is 1. The molecule has 3 nitrogen and oxygen atoms in total. The Bertz CT molecular complexity index is 412. The predicted octanol–water partition coefficient (Wildman–Crippen LogP) is 2.49. The van der Waals surface area contributed by atoms with Gasteiger partial charge in [-0.2, -0.15) is 8.78 Å². The average molecular weight is 355 g/mol. The minimum absolute atomic E-state index is 0.104. The lowest BCUT2D eigenvalue weighted by Crippen LogP contribution is -2.41. The van der Waals surface area contributed by atoms with Gasteiger partial charge in [0.25, 0.3) is 0 Å². The minimum atomic E-state index is -3.72. The van der Waals surface area contributed by atoms with E-state index >= 15 is 0 Å². The summed E-state index contributed by atoms with van der Waals surface area (Å²) in [6.45, 7) is 1.36. The molecule has 0 aliphatic carbocycles. The fraction of sp³-hybridized carbons (Fsp3) is 0.364. The SMILES string of the molecule is CCOC(=O)C(F)(F)[C@@H](N)c1cccc(I)c1. The third-order valence-electron chi connectivity index (χ3n) is 2.15. The summed E-state index contributed by atoms with van der Waals surface area (Å²) in [5, 5.41) is 0. The van der Waals surface area contributed by atoms with E-state index in [-0.39, 0.29) is 12.2 Å². The summed E-state index contributed by atoms with van der Waals surface area (Å²) in [6.07, 6.45) is 0. The van der Waals surface area contributed by atoms with Crippen molar-refractivity contribution < 1.29 is 18.3 Å². The number of carbonyl (C=O) groups is 1. The van der Waals surface area contributed by atoms with Crippen LogP contribution >= 0.6 is 22.6 Å². The summed E-state index contributed by atoms with van der Waals surface area (Å²) in [7, 11) is 0. The van der Waals surface area contributed by atoms with E-state index in [9.17, 15) is 13.6 Å². The van der Waals surface area contributed by atoms with Gasteiger partial charge in [0.2, 0.25) is 0 Å². The fourth-order valence-electron chi connectivity index (χ4n) is 1.26. The van der Waals surface area contributed by atoms with Gasteiger partial charge in [-0.1, -0.05) is 12.1 Å². The van der Waals surface area contributed by atoms with Gasteiger partial charge in [-0.25, -0.2) is 4.79 Å². The van der Waals surface area contributed by atoms with Gasteiger partial charge < -0.3 is 10.5 Å². The fourth-order valence-corrected chi connectivity index (χ4v) is 1.83. The summed E-state index contributed by atoms with van der Waals surface area (Å²) >= 11 is 1.98. The molecule has 0 radical (unpaired) electrons. The molecule has 6 heteroatoms. The van der Waals surface area contributed by atoms with Crippen molar-refractivity contribution in [3.63, 3.8) is 0 Å². The van der Waals surface area contributed by atoms with Gasteiger partial charge in [0.15, 0.2) is 0 Å². The van der Waals surface area contributed by atoms with Crippen LogP contribution in [0.3, 0.4) is 0 Å². The summed E-state index contributed by atoms with van der Waals surface area (Å²) in [5.74, 6) is -5.31. The molecule has 94 valence electrons. The number of esters is 1. The molecule has 0 aliphatic rings. The van der Waals surface area contributed by atoms with Crippen LogP contribution in [0.4, 0.5) is 8.78 Å². The van der Waals surface area contributed by atoms with Crippen molar-refractivity contribution in [3.05, 3.63) is 33.4 Å². The third-order valence-corrected chi connectivity index (χ3v) is 2.82. The van der Waals surface area contributed by atoms with E-state index in [4.69, 9.17) is 5.73 Å². The molecular formula is C11H12F2INO2. The Morgan fingerprint density at radius 1 is 1.59 bits per heavy atom. The lowest BCUT2D eigenvalue weighted by molar-refractivity contribution is -0.174. The van der Waals surface area contributed by atoms with E-state index in [1.165, 1.54) is 19.1 Å². The minimum Gasteiger partial charge on any atom is -0.462 e. The highest BCUT2D eigenvalue weighted by Crippen LogP contribution is 2.31. The van der Waals surface area contributed by atoms with Gasteiger partial charge in [-0.3, -0.25) is 0 Å². The number of hydrogen-bond acceptors (Lipinski definition) is 3. The second-order valence-corrected chi connectivity index (χ2v) is 4.62. The lowest BCUT2D eigenvalue weighted by Gasteiger charge is -2.21. The first-order chi connectivity index (χ1) is 7.89. The first-order valence-corrected chi connectivity index (χ1v) is 6.03. The standard InChI is InChI=1S/C11H12F2INO2/c1-2-17-10(16)11(12,13)9(15)7-4-3-5-8(14)6-7/h3-6,9H,2,15H2,1H3/t9-/m0/s1. The van der Waals surface area contributed by atoms with Gasteiger partial charge in [-0.05, 0) is 47.2 Å². The van der Waals surface area contributed by atoms with Crippen LogP contribution in [-0.2, 0) is 9.53 Å². The smallest absolute Gasteiger partial charge is 0.379 e. The molecule has 0 unspecified atom stereocenters. The molecule has 0 amide bonds. The van der Waals surface area contributed by atoms with Crippen molar-refractivity contribution in [2.24, 2.45) is 5.73 Å². The molecule has 0 saturated heterocycles. The van der Waals surface area contributed by atoms with Crippen LogP contribution in [0, 0.1) is 3.57 Å². The molecule has 1 aromatic carbocycles. The van der Waals surface area contributed by atoms with Crippen LogP contribution in [0.1, 0.15) is 18.5 Å². The van der Waals surface area contributed by atoms with Gasteiger partial charge in [0, 0.05) is 3.57 Å². The third kappa shape index (κ3) is 3.35. The molecule has 1 rings (SSSR count). The molecule has 0 heterocycles. The van der Waals surface area contributed by atoms with Crippen molar-refractivity contribution in [1.29, 1.82) is 0 Å². The molecule has 0 aliphatic heterocycles. The van der Waals surface area contributed by atoms with E-state index in [0.29, 0.717) is 0 Å². The van der Waals surface area contributed by atoms with Gasteiger partial charge in [-0.15, -0.1) is 0 Å². The molecule has 0 bridgehead atoms. The van der Waals surface area contributed by atoms with Crippen molar-refractivity contribution in [2.75, 3.05) is 6.61 Å². The Hall–Kier alpha value is -0.760. The van der Waals surface area contributed by atoms with E-state index in [1.807, 2.05) is 22.6 Å². The number of carbonyl (C=O) groups excluding carboxylic acids is 1. The second kappa shape index (κ2) is 5.72. The number of rotatable bonds is 4. The number of halogens is 3. The van der Waals surface area contributed by atoms with E-state index in [1.54, 1.807) is 12.1 Å². The normalized spacial score (nSPS) is 13.2. The van der Waals surface area contributed by atoms with Crippen LogP contribution in [0.15, 0.2) is 24.3 Å². The molecule has 17 heavy (non-hydrogen) atoms. The van der Waals surface area contributed by atoms with Crippen LogP contribution < -0.4 is 5.73 Å². The highest BCUT2D eigenvalue weighted by molar-refractivity contribution is 14.1. The molecule has 0 aromatic heterocycles. The van der Waals surface area contributed by atoms with Crippen molar-refractivity contribution in [2.45, 2.75) is 18.9 Å². The van der Waals surface area contributed by atoms with Gasteiger partial charge >= 0.3 is 11.9 Å². The maximum Gasteiger partial charge on any atom is 0.379 e. The Morgan fingerprint density at radius 2 is 2.24 bits per heavy atom. The number of ether oxygens (including phenoxy) is 1. The molecule has 1 aromatic rings. The monoisotopic (exact) mass is 355 g/mol. The first-order valence-electron chi connectivity index (χ1n) is 4.95. The number of hydrogen-bond donors (Lipinski definition) is 1. The summed E-state index contributed by atoms with van der Waals surface area (Å²) < 4.78 is 32.3. The summed E-state index contributed by atoms with van der Waals surface area (Å²) in [4.78, 5) is 11.1.